The van der Waals surface area contributed by atoms with Crippen molar-refractivity contribution in [1.29, 1.82) is 0 Å². The van der Waals surface area contributed by atoms with E-state index in [1.165, 1.54) is 0 Å². The van der Waals surface area contributed by atoms with Crippen molar-refractivity contribution in [1.82, 2.24) is 90.4 Å². The molecule has 19 amide bonds. The number of carboxylic acids is 3. The van der Waals surface area contributed by atoms with Gasteiger partial charge in [0, 0.05) is 44.5 Å². The van der Waals surface area contributed by atoms with Crippen LogP contribution >= 0.6 is 12.6 Å². The van der Waals surface area contributed by atoms with Gasteiger partial charge in [0.1, 0.15) is 84.6 Å². The van der Waals surface area contributed by atoms with Crippen molar-refractivity contribution >= 4 is 143 Å². The van der Waals surface area contributed by atoms with Crippen LogP contribution in [0.3, 0.4) is 0 Å². The van der Waals surface area contributed by atoms with Gasteiger partial charge in [-0.25, -0.2) is 4.79 Å². The standard InChI is InChI=1S/C84H149N23O27S/c1-12-45(9)67(90)81(130)105-58(40-108)80(129)107-69(47(11)109)83(132)104-55(36-44(7)8)79(128)106-68(46(10)13-2)82(131)100-50(22-16-19-31-87)72(121)99-52(23-25-60(88)110)75(124)96-48(20-14-17-29-85)73(122)101-54(35-43(5)6)77(126)103-57(38-66(117)118)71(120)93-39-64(114)94-53(34-42(3)4)76(125)97-49(21-15-18-30-86)74(123)102-56(37-61(89)111)78(127)98-51(24-26-65(115)116)70(119)92-33-27-62(112)91-32-28-63(113)95-59(41-135)84(133)134/h42-59,67-69,108-109,135H,12-41,85-87,90H2,1-11H3,(H2,88,110)(H2,89,111)(H,91,112)(H,92,119)(H,93,120)(H,94,114)(H,95,113)(H,96,124)(H,97,125)(H,98,127)(H,99,121)(H,100,131)(H,101,122)(H,102,123)(H,103,126)(H,104,132)(H,105,130)(H,106,128)(H,107,129)(H,115,116)(H,117,118)(H,133,134)/t45-,46-,47+,48-,49-,50-,51-,52-,53-,54-,55-,56-,57-,58-,59-,67-,68-,69-/m0/s1. The summed E-state index contributed by atoms with van der Waals surface area (Å²) in [6.45, 7) is 15.7. The Morgan fingerprint density at radius 1 is 0.319 bits per heavy atom. The SMILES string of the molecule is CC[C@H](C)[C@H](N)C(=O)N[C@@H](CO)C(=O)N[C@H](C(=O)N[C@@H](CC(C)C)C(=O)N[C@H](C(=O)N[C@@H](CCCCN)C(=O)N[C@@H](CCC(N)=O)C(=O)N[C@@H](CCCCN)C(=O)N[C@@H](CC(C)C)C(=O)N[C@@H](CC(=O)O)C(=O)NCC(=O)N[C@@H](CC(C)C)C(=O)N[C@@H](CCCCN)C(=O)N[C@@H](CC(N)=O)C(=O)N[C@@H](CCC(=O)O)C(=O)NCCC(=O)NCCC(=O)N[C@@H](CS)C(=O)O)[C@@H](C)CC)[C@@H](C)O. The molecule has 0 aromatic carbocycles. The molecular weight excluding hydrogens is 1800 g/mol. The Kier molecular flexibility index (Phi) is 61.1. The zero-order valence-corrected chi connectivity index (χ0v) is 79.9. The van der Waals surface area contributed by atoms with Crippen molar-refractivity contribution in [3.8, 4) is 0 Å². The lowest BCUT2D eigenvalue weighted by atomic mass is 9.96. The van der Waals surface area contributed by atoms with E-state index in [4.69, 9.17) is 39.5 Å². The van der Waals surface area contributed by atoms with Crippen molar-refractivity contribution in [2.75, 3.05) is 51.6 Å². The fourth-order valence-corrected chi connectivity index (χ4v) is 13.4. The Hall–Kier alpha value is -11.5. The predicted molar refractivity (Wildman–Crippen MR) is 491 cm³/mol. The molecule has 0 spiro atoms. The van der Waals surface area contributed by atoms with Crippen LogP contribution in [-0.2, 0) is 105 Å². The Morgan fingerprint density at radius 3 is 1.07 bits per heavy atom. The zero-order chi connectivity index (χ0) is 103. The number of unbranched alkanes of at least 4 members (excludes halogenated alkanes) is 3. The van der Waals surface area contributed by atoms with Gasteiger partial charge in [0.05, 0.1) is 38.1 Å². The first-order chi connectivity index (χ1) is 63.3. The highest BCUT2D eigenvalue weighted by Crippen LogP contribution is 2.18. The number of hydrogen-bond donors (Lipinski definition) is 29. The summed E-state index contributed by atoms with van der Waals surface area (Å²) in [5.41, 5.74) is 34.4. The number of aliphatic hydroxyl groups is 2. The van der Waals surface area contributed by atoms with Gasteiger partial charge in [-0.2, -0.15) is 12.6 Å². The fraction of sp³-hybridized carbons (Fsp3) is 0.738. The van der Waals surface area contributed by atoms with Crippen LogP contribution in [0.1, 0.15) is 217 Å². The van der Waals surface area contributed by atoms with Gasteiger partial charge >= 0.3 is 17.9 Å². The molecule has 34 N–H and O–H groups in total. The third-order valence-corrected chi connectivity index (χ3v) is 21.6. The minimum atomic E-state index is -1.99. The Morgan fingerprint density at radius 2 is 0.659 bits per heavy atom. The van der Waals surface area contributed by atoms with E-state index in [9.17, 15) is 126 Å². The average Bonchev–Trinajstić information content (AvgIpc) is 0.846. The molecule has 135 heavy (non-hydrogen) atoms. The van der Waals surface area contributed by atoms with Crippen LogP contribution in [-0.4, -0.2) is 304 Å². The van der Waals surface area contributed by atoms with Gasteiger partial charge in [-0.05, 0) is 146 Å². The van der Waals surface area contributed by atoms with Gasteiger partial charge in [-0.15, -0.1) is 0 Å². The third-order valence-electron chi connectivity index (χ3n) is 21.2. The number of rotatable bonds is 72. The normalized spacial score (nSPS) is 15.2. The molecule has 0 aromatic rings. The average molecular weight is 1950 g/mol. The van der Waals surface area contributed by atoms with E-state index in [2.05, 4.69) is 103 Å². The molecule has 0 aliphatic heterocycles. The Balaban J connectivity index is 7.07. The van der Waals surface area contributed by atoms with E-state index < -0.39 is 309 Å². The van der Waals surface area contributed by atoms with Gasteiger partial charge in [0.25, 0.3) is 0 Å². The van der Waals surface area contributed by atoms with Crippen molar-refractivity contribution in [3.05, 3.63) is 0 Å². The highest BCUT2D eigenvalue weighted by atomic mass is 32.1. The van der Waals surface area contributed by atoms with Crippen LogP contribution in [0, 0.1) is 29.6 Å². The van der Waals surface area contributed by atoms with Crippen LogP contribution < -0.4 is 125 Å². The van der Waals surface area contributed by atoms with E-state index in [1.807, 2.05) is 0 Å². The summed E-state index contributed by atoms with van der Waals surface area (Å²) in [5, 5.41) is 90.6. The first-order valence-electron chi connectivity index (χ1n) is 45.4. The summed E-state index contributed by atoms with van der Waals surface area (Å²) >= 11 is 3.86. The molecule has 0 aliphatic carbocycles. The molecular formula is C84H149N23O27S. The first kappa shape index (κ1) is 123. The molecule has 18 atom stereocenters. The van der Waals surface area contributed by atoms with Gasteiger partial charge < -0.3 is 150 Å². The topological polar surface area (TPSA) is 837 Å². The van der Waals surface area contributed by atoms with Crippen molar-refractivity contribution < 1.29 is 131 Å². The minimum absolute atomic E-state index is 0.0718. The maximum absolute atomic E-state index is 14.7. The van der Waals surface area contributed by atoms with E-state index in [0.29, 0.717) is 12.8 Å². The lowest BCUT2D eigenvalue weighted by molar-refractivity contribution is -0.141. The third kappa shape index (κ3) is 51.1. The maximum atomic E-state index is 14.7. The fourth-order valence-electron chi connectivity index (χ4n) is 13.1. The Bertz CT molecular complexity index is 3920. The summed E-state index contributed by atoms with van der Waals surface area (Å²) < 4.78 is 0. The highest BCUT2D eigenvalue weighted by molar-refractivity contribution is 7.80. The number of nitrogens with one attached hydrogen (secondary N) is 17. The smallest absolute Gasteiger partial charge is 0.327 e. The number of hydrogen-bond acceptors (Lipinski definition) is 29. The predicted octanol–water partition coefficient (Wildman–Crippen LogP) is -8.28. The lowest BCUT2D eigenvalue weighted by Gasteiger charge is -2.30. The molecule has 0 saturated heterocycles. The van der Waals surface area contributed by atoms with E-state index in [0.717, 1.165) is 6.92 Å². The van der Waals surface area contributed by atoms with Crippen LogP contribution in [0.5, 0.6) is 0 Å². The van der Waals surface area contributed by atoms with Gasteiger partial charge in [-0.1, -0.05) is 82.1 Å². The summed E-state index contributed by atoms with van der Waals surface area (Å²) in [4.78, 5) is 296. The molecule has 0 aliphatic rings. The van der Waals surface area contributed by atoms with Gasteiger partial charge in [0.2, 0.25) is 112 Å². The van der Waals surface area contributed by atoms with Crippen molar-refractivity contribution in [2.24, 2.45) is 64.0 Å². The zero-order valence-electron chi connectivity index (χ0n) is 79.0. The molecule has 0 bridgehead atoms. The number of primary amides is 2. The van der Waals surface area contributed by atoms with Crippen molar-refractivity contribution in [3.63, 3.8) is 0 Å². The number of carbonyl (C=O) groups is 22. The quantitative estimate of drug-likeness (QED) is 0.0199. The maximum Gasteiger partial charge on any atom is 0.327 e. The van der Waals surface area contributed by atoms with Crippen molar-refractivity contribution in [2.45, 2.75) is 314 Å². The molecule has 0 heterocycles. The molecule has 0 saturated carbocycles. The number of carbonyl (C=O) groups excluding carboxylic acids is 19. The molecule has 0 fully saturated rings. The molecule has 0 unspecified atom stereocenters. The number of amides is 19. The largest absolute Gasteiger partial charge is 0.481 e. The number of nitrogens with two attached hydrogens (primary N) is 6. The summed E-state index contributed by atoms with van der Waals surface area (Å²) in [7, 11) is 0. The molecule has 0 rings (SSSR count). The second kappa shape index (κ2) is 66.8. The molecule has 0 aromatic heterocycles. The van der Waals surface area contributed by atoms with Crippen LogP contribution in [0.2, 0.25) is 0 Å². The second-order valence-electron chi connectivity index (χ2n) is 34.4. The molecule has 51 heteroatoms. The monoisotopic (exact) mass is 1940 g/mol. The van der Waals surface area contributed by atoms with Crippen LogP contribution in [0.25, 0.3) is 0 Å². The second-order valence-corrected chi connectivity index (χ2v) is 34.7. The van der Waals surface area contributed by atoms with E-state index in [1.54, 1.807) is 69.2 Å². The minimum Gasteiger partial charge on any atom is -0.481 e. The van der Waals surface area contributed by atoms with E-state index >= 15 is 0 Å². The molecule has 50 nitrogen and oxygen atoms in total. The summed E-state index contributed by atoms with van der Waals surface area (Å²) in [6.07, 6.45) is -5.57. The van der Waals surface area contributed by atoms with E-state index in [-0.39, 0.29) is 127 Å². The molecule has 0 radical (unpaired) electrons. The van der Waals surface area contributed by atoms with Gasteiger partial charge in [-0.3, -0.25) is 101 Å². The number of aliphatic carboxylic acids is 3. The number of carboxylic acid groups (broad SMARTS) is 3. The molecule has 768 valence electrons. The Labute approximate surface area is 790 Å². The first-order valence-corrected chi connectivity index (χ1v) is 46.0. The summed E-state index contributed by atoms with van der Waals surface area (Å²) in [6, 6.07) is -23.7. The highest BCUT2D eigenvalue weighted by Gasteiger charge is 2.41. The number of thiol groups is 1. The van der Waals surface area contributed by atoms with Crippen LogP contribution in [0.4, 0.5) is 0 Å². The van der Waals surface area contributed by atoms with Crippen LogP contribution in [0.15, 0.2) is 0 Å². The van der Waals surface area contributed by atoms with Gasteiger partial charge in [0.15, 0.2) is 0 Å². The summed E-state index contributed by atoms with van der Waals surface area (Å²) in [5.74, 6) is -26.0. The lowest BCUT2D eigenvalue weighted by Crippen LogP contribution is -2.62. The number of aliphatic hydroxyl groups excluding tert-OH is 2.